The quantitative estimate of drug-likeness (QED) is 0.767. The smallest absolute Gasteiger partial charge is 0.235 e. The number of carbonyl (C=O) groups is 1. The Morgan fingerprint density at radius 2 is 2.33 bits per heavy atom. The zero-order chi connectivity index (χ0) is 8.27. The van der Waals surface area contributed by atoms with Crippen LogP contribution < -0.4 is 5.43 Å². The maximum absolute atomic E-state index is 10.6. The number of rotatable bonds is 2. The van der Waals surface area contributed by atoms with Crippen LogP contribution in [0.3, 0.4) is 0 Å². The van der Waals surface area contributed by atoms with E-state index in [9.17, 15) is 4.79 Å². The Kier molecular flexibility index (Phi) is 4.43. The van der Waals surface area contributed by atoms with Gasteiger partial charge in [-0.25, -0.2) is 0 Å². The Balaban J connectivity index is 0.00000121. The van der Waals surface area contributed by atoms with Gasteiger partial charge in [0.1, 0.15) is 6.67 Å². The Bertz CT molecular complexity index is 205. The van der Waals surface area contributed by atoms with Gasteiger partial charge < -0.3 is 4.90 Å². The normalized spacial score (nSPS) is 14.1. The molecule has 5 heteroatoms. The third-order valence-corrected chi connectivity index (χ3v) is 1.29. The number of hydrazine groups is 1. The molecule has 1 aliphatic rings. The van der Waals surface area contributed by atoms with Gasteiger partial charge in [-0.2, -0.15) is 0 Å². The fourth-order valence-electron chi connectivity index (χ4n) is 0.830. The zero-order valence-corrected chi connectivity index (χ0v) is 8.57. The van der Waals surface area contributed by atoms with E-state index >= 15 is 0 Å². The molecule has 12 heavy (non-hydrogen) atoms. The second-order valence-corrected chi connectivity index (χ2v) is 2.27. The van der Waals surface area contributed by atoms with E-state index in [0.29, 0.717) is 6.67 Å². The molecule has 0 unspecified atom stereocenters. The highest BCUT2D eigenvalue weighted by Crippen LogP contribution is 2.02. The Labute approximate surface area is 82.3 Å². The highest BCUT2D eigenvalue weighted by Gasteiger charge is 2.08. The summed E-state index contributed by atoms with van der Waals surface area (Å²) in [5.41, 5.74) is 2.62. The molecule has 1 rings (SSSR count). The summed E-state index contributed by atoms with van der Waals surface area (Å²) in [5, 5.41) is 1.68. The summed E-state index contributed by atoms with van der Waals surface area (Å²) in [4.78, 5) is 12.4. The van der Waals surface area contributed by atoms with Gasteiger partial charge in [-0.05, 0) is 6.20 Å². The van der Waals surface area contributed by atoms with E-state index < -0.39 is 0 Å². The SMILES string of the molecule is Br.C=CN1C=CN(NC(C)=O)C1. The van der Waals surface area contributed by atoms with Gasteiger partial charge >= 0.3 is 0 Å². The van der Waals surface area contributed by atoms with E-state index in [4.69, 9.17) is 0 Å². The van der Waals surface area contributed by atoms with Crippen LogP contribution in [0.15, 0.2) is 25.2 Å². The molecule has 4 nitrogen and oxygen atoms in total. The van der Waals surface area contributed by atoms with E-state index in [-0.39, 0.29) is 22.9 Å². The molecule has 0 fully saturated rings. The van der Waals surface area contributed by atoms with Crippen LogP contribution in [0.25, 0.3) is 0 Å². The summed E-state index contributed by atoms with van der Waals surface area (Å²) < 4.78 is 0. The van der Waals surface area contributed by atoms with Gasteiger partial charge in [0.25, 0.3) is 0 Å². The number of nitrogens with zero attached hydrogens (tertiary/aromatic N) is 2. The minimum atomic E-state index is -0.0689. The molecule has 0 saturated carbocycles. The zero-order valence-electron chi connectivity index (χ0n) is 6.86. The first-order valence-corrected chi connectivity index (χ1v) is 3.33. The molecule has 68 valence electrons. The summed E-state index contributed by atoms with van der Waals surface area (Å²) in [6.45, 7) is 5.70. The molecule has 0 spiro atoms. The molecule has 0 aromatic heterocycles. The van der Waals surface area contributed by atoms with Crippen molar-refractivity contribution in [3.63, 3.8) is 0 Å². The summed E-state index contributed by atoms with van der Waals surface area (Å²) >= 11 is 0. The lowest BCUT2D eigenvalue weighted by Gasteiger charge is -2.17. The van der Waals surface area contributed by atoms with Gasteiger partial charge in [-0.3, -0.25) is 15.2 Å². The predicted octanol–water partition coefficient (Wildman–Crippen LogP) is 0.805. The monoisotopic (exact) mass is 233 g/mol. The standard InChI is InChI=1S/C7H11N3O.BrH/c1-3-9-4-5-10(6-9)8-7(2)11;/h3-5H,1,6H2,2H3,(H,8,11);1H. The van der Waals surface area contributed by atoms with E-state index in [1.54, 1.807) is 17.4 Å². The van der Waals surface area contributed by atoms with Crippen molar-refractivity contribution in [2.45, 2.75) is 6.92 Å². The lowest BCUT2D eigenvalue weighted by molar-refractivity contribution is -0.122. The van der Waals surface area contributed by atoms with Crippen LogP contribution in [-0.2, 0) is 4.79 Å². The molecular formula is C7H12BrN3O. The molecule has 1 heterocycles. The average molecular weight is 234 g/mol. The minimum absolute atomic E-state index is 0. The Hall–Kier alpha value is -0.970. The van der Waals surface area contributed by atoms with Crippen molar-refractivity contribution < 1.29 is 4.79 Å². The van der Waals surface area contributed by atoms with Crippen LogP contribution >= 0.6 is 17.0 Å². The Morgan fingerprint density at radius 1 is 1.67 bits per heavy atom. The van der Waals surface area contributed by atoms with Crippen molar-refractivity contribution in [3.05, 3.63) is 25.2 Å². The minimum Gasteiger partial charge on any atom is -0.334 e. The first-order valence-electron chi connectivity index (χ1n) is 3.33. The molecule has 0 aromatic rings. The van der Waals surface area contributed by atoms with E-state index in [1.165, 1.54) is 6.92 Å². The fourth-order valence-corrected chi connectivity index (χ4v) is 0.830. The summed E-state index contributed by atoms with van der Waals surface area (Å²) in [6, 6.07) is 0. The van der Waals surface area contributed by atoms with Gasteiger partial charge in [0, 0.05) is 19.3 Å². The third kappa shape index (κ3) is 2.96. The average Bonchev–Trinajstić information content (AvgIpc) is 2.34. The molecule has 0 aliphatic carbocycles. The van der Waals surface area contributed by atoms with Gasteiger partial charge in [0.15, 0.2) is 0 Å². The molecule has 0 atom stereocenters. The van der Waals surface area contributed by atoms with Crippen LogP contribution in [-0.4, -0.2) is 22.5 Å². The highest BCUT2D eigenvalue weighted by atomic mass is 79.9. The molecular weight excluding hydrogens is 222 g/mol. The molecule has 1 N–H and O–H groups in total. The van der Waals surface area contributed by atoms with Gasteiger partial charge in [0.05, 0.1) is 0 Å². The number of halogens is 1. The molecule has 0 radical (unpaired) electrons. The molecule has 1 amide bonds. The second kappa shape index (κ2) is 4.82. The topological polar surface area (TPSA) is 35.6 Å². The highest BCUT2D eigenvalue weighted by molar-refractivity contribution is 8.93. The lowest BCUT2D eigenvalue weighted by Crippen LogP contribution is -2.37. The Morgan fingerprint density at radius 3 is 2.75 bits per heavy atom. The van der Waals surface area contributed by atoms with Crippen molar-refractivity contribution in [2.24, 2.45) is 0 Å². The predicted molar refractivity (Wildman–Crippen MR) is 52.0 cm³/mol. The molecule has 0 aromatic carbocycles. The second-order valence-electron chi connectivity index (χ2n) is 2.27. The third-order valence-electron chi connectivity index (χ3n) is 1.29. The first kappa shape index (κ1) is 11.0. The summed E-state index contributed by atoms with van der Waals surface area (Å²) in [7, 11) is 0. The van der Waals surface area contributed by atoms with Crippen LogP contribution in [0.4, 0.5) is 0 Å². The van der Waals surface area contributed by atoms with Gasteiger partial charge in [0.2, 0.25) is 5.91 Å². The van der Waals surface area contributed by atoms with E-state index in [0.717, 1.165) is 0 Å². The van der Waals surface area contributed by atoms with Crippen LogP contribution in [0.1, 0.15) is 6.92 Å². The number of carbonyl (C=O) groups excluding carboxylic acids is 1. The number of nitrogens with one attached hydrogen (secondary N) is 1. The van der Waals surface area contributed by atoms with Crippen molar-refractivity contribution in [1.82, 2.24) is 15.3 Å². The maximum Gasteiger partial charge on any atom is 0.235 e. The molecule has 0 bridgehead atoms. The summed E-state index contributed by atoms with van der Waals surface area (Å²) in [5.74, 6) is -0.0689. The number of hydrogen-bond donors (Lipinski definition) is 1. The molecule has 1 aliphatic heterocycles. The van der Waals surface area contributed by atoms with Crippen molar-refractivity contribution in [2.75, 3.05) is 6.67 Å². The maximum atomic E-state index is 10.6. The van der Waals surface area contributed by atoms with Gasteiger partial charge in [-0.15, -0.1) is 17.0 Å². The largest absolute Gasteiger partial charge is 0.334 e. The molecule has 0 saturated heterocycles. The number of hydrogen-bond acceptors (Lipinski definition) is 3. The fraction of sp³-hybridized carbons (Fsp3) is 0.286. The van der Waals surface area contributed by atoms with E-state index in [1.807, 2.05) is 11.1 Å². The van der Waals surface area contributed by atoms with Crippen molar-refractivity contribution in [3.8, 4) is 0 Å². The van der Waals surface area contributed by atoms with Crippen molar-refractivity contribution >= 4 is 22.9 Å². The van der Waals surface area contributed by atoms with E-state index in [2.05, 4.69) is 12.0 Å². The summed E-state index contributed by atoms with van der Waals surface area (Å²) in [6.07, 6.45) is 5.31. The van der Waals surface area contributed by atoms with Crippen LogP contribution in [0, 0.1) is 0 Å². The van der Waals surface area contributed by atoms with Crippen LogP contribution in [0.5, 0.6) is 0 Å². The van der Waals surface area contributed by atoms with Crippen molar-refractivity contribution in [1.29, 1.82) is 0 Å². The lowest BCUT2D eigenvalue weighted by atomic mass is 10.7. The number of amides is 1. The van der Waals surface area contributed by atoms with Crippen LogP contribution in [0.2, 0.25) is 0 Å². The van der Waals surface area contributed by atoms with Gasteiger partial charge in [-0.1, -0.05) is 6.58 Å². The first-order chi connectivity index (χ1) is 5.22.